The summed E-state index contributed by atoms with van der Waals surface area (Å²) in [6.45, 7) is 0.620. The number of hydrogen-bond donors (Lipinski definition) is 2. The van der Waals surface area contributed by atoms with Gasteiger partial charge in [0.25, 0.3) is 0 Å². The van der Waals surface area contributed by atoms with Crippen LogP contribution >= 0.6 is 12.4 Å². The lowest BCUT2D eigenvalue weighted by Gasteiger charge is -2.31. The molecule has 1 saturated carbocycles. The van der Waals surface area contributed by atoms with Crippen molar-refractivity contribution in [2.45, 2.75) is 44.6 Å². The van der Waals surface area contributed by atoms with Gasteiger partial charge in [-0.15, -0.1) is 12.4 Å². The highest BCUT2D eigenvalue weighted by molar-refractivity contribution is 5.85. The summed E-state index contributed by atoms with van der Waals surface area (Å²) in [6, 6.07) is 5.00. The van der Waals surface area contributed by atoms with E-state index in [1.54, 1.807) is 12.1 Å². The van der Waals surface area contributed by atoms with Gasteiger partial charge in [0.15, 0.2) is 11.6 Å². The molecule has 1 fully saturated rings. The molecule has 2 atom stereocenters. The Kier molecular flexibility index (Phi) is 8.34. The molecule has 23 heavy (non-hydrogen) atoms. The lowest BCUT2D eigenvalue weighted by molar-refractivity contribution is -0.122. The van der Waals surface area contributed by atoms with Gasteiger partial charge < -0.3 is 15.8 Å². The first-order valence-corrected chi connectivity index (χ1v) is 7.96. The van der Waals surface area contributed by atoms with Crippen LogP contribution in [0.2, 0.25) is 0 Å². The third kappa shape index (κ3) is 5.66. The molecule has 0 heterocycles. The van der Waals surface area contributed by atoms with Crippen LogP contribution in [0.5, 0.6) is 5.75 Å². The number of halogens is 2. The molecule has 130 valence electrons. The molecule has 0 aromatic heterocycles. The molecule has 1 aliphatic rings. The minimum absolute atomic E-state index is 0. The van der Waals surface area contributed by atoms with Crippen LogP contribution in [-0.2, 0) is 11.2 Å². The number of amides is 1. The van der Waals surface area contributed by atoms with Crippen LogP contribution < -0.4 is 15.8 Å². The van der Waals surface area contributed by atoms with Gasteiger partial charge in [-0.05, 0) is 49.4 Å². The maximum Gasteiger partial charge on any atom is 0.220 e. The van der Waals surface area contributed by atoms with Crippen LogP contribution in [0.15, 0.2) is 18.2 Å². The Morgan fingerprint density at radius 3 is 2.78 bits per heavy atom. The summed E-state index contributed by atoms with van der Waals surface area (Å²) in [6.07, 6.45) is 5.31. The number of hydrogen-bond acceptors (Lipinski definition) is 3. The number of rotatable bonds is 6. The van der Waals surface area contributed by atoms with Crippen molar-refractivity contribution in [3.63, 3.8) is 0 Å². The van der Waals surface area contributed by atoms with Crippen molar-refractivity contribution < 1.29 is 13.9 Å². The van der Waals surface area contributed by atoms with Crippen LogP contribution in [0.3, 0.4) is 0 Å². The number of nitrogens with two attached hydrogens (primary N) is 1. The Morgan fingerprint density at radius 1 is 1.39 bits per heavy atom. The molecular formula is C17H26ClFN2O2. The zero-order chi connectivity index (χ0) is 15.9. The fourth-order valence-electron chi connectivity index (χ4n) is 3.08. The van der Waals surface area contributed by atoms with Crippen molar-refractivity contribution >= 4 is 18.3 Å². The van der Waals surface area contributed by atoms with Crippen LogP contribution in [0, 0.1) is 11.7 Å². The quantitative estimate of drug-likeness (QED) is 0.834. The lowest BCUT2D eigenvalue weighted by atomic mass is 9.84. The molecule has 1 aromatic rings. The van der Waals surface area contributed by atoms with E-state index in [1.165, 1.54) is 19.6 Å². The average Bonchev–Trinajstić information content (AvgIpc) is 2.53. The van der Waals surface area contributed by atoms with Gasteiger partial charge in [0, 0.05) is 12.5 Å². The van der Waals surface area contributed by atoms with Gasteiger partial charge >= 0.3 is 0 Å². The number of carbonyl (C=O) groups excluding carboxylic acids is 1. The largest absolute Gasteiger partial charge is 0.494 e. The molecule has 0 aliphatic heterocycles. The number of aryl methyl sites for hydroxylation is 1. The van der Waals surface area contributed by atoms with Crippen molar-refractivity contribution in [3.05, 3.63) is 29.6 Å². The summed E-state index contributed by atoms with van der Waals surface area (Å²) in [5.41, 5.74) is 6.57. The van der Waals surface area contributed by atoms with Crippen molar-refractivity contribution in [3.8, 4) is 5.75 Å². The normalized spacial score (nSPS) is 20.5. The number of carbonyl (C=O) groups is 1. The summed E-state index contributed by atoms with van der Waals surface area (Å²) >= 11 is 0. The second kappa shape index (κ2) is 9.73. The Bertz CT molecular complexity index is 513. The summed E-state index contributed by atoms with van der Waals surface area (Å²) in [4.78, 5) is 12.1. The Hall–Kier alpha value is -1.33. The van der Waals surface area contributed by atoms with Gasteiger partial charge in [-0.3, -0.25) is 4.79 Å². The molecule has 1 aliphatic carbocycles. The fraction of sp³-hybridized carbons (Fsp3) is 0.588. The minimum Gasteiger partial charge on any atom is -0.494 e. The minimum atomic E-state index is -0.393. The molecule has 4 nitrogen and oxygen atoms in total. The Labute approximate surface area is 143 Å². The van der Waals surface area contributed by atoms with Crippen molar-refractivity contribution in [2.75, 3.05) is 13.7 Å². The molecule has 3 N–H and O–H groups in total. The van der Waals surface area contributed by atoms with Crippen LogP contribution in [0.25, 0.3) is 0 Å². The van der Waals surface area contributed by atoms with E-state index in [9.17, 15) is 9.18 Å². The molecule has 2 unspecified atom stereocenters. The molecule has 1 amide bonds. The highest BCUT2D eigenvalue weighted by Crippen LogP contribution is 2.24. The second-order valence-electron chi connectivity index (χ2n) is 5.92. The molecule has 0 bridgehead atoms. The van der Waals surface area contributed by atoms with Crippen molar-refractivity contribution in [1.29, 1.82) is 0 Å². The third-order valence-electron chi connectivity index (χ3n) is 4.42. The summed E-state index contributed by atoms with van der Waals surface area (Å²) in [7, 11) is 1.43. The zero-order valence-corrected chi connectivity index (χ0v) is 14.3. The number of ether oxygens (including phenoxy) is 1. The molecular weight excluding hydrogens is 319 g/mol. The maximum atomic E-state index is 13.6. The van der Waals surface area contributed by atoms with E-state index in [-0.39, 0.29) is 30.1 Å². The highest BCUT2D eigenvalue weighted by atomic mass is 35.5. The van der Waals surface area contributed by atoms with E-state index in [1.807, 2.05) is 0 Å². The van der Waals surface area contributed by atoms with E-state index >= 15 is 0 Å². The molecule has 0 spiro atoms. The van der Waals surface area contributed by atoms with Crippen LogP contribution in [0.4, 0.5) is 4.39 Å². The van der Waals surface area contributed by atoms with E-state index in [0.717, 1.165) is 24.8 Å². The molecule has 2 rings (SSSR count). The van der Waals surface area contributed by atoms with Gasteiger partial charge in [-0.2, -0.15) is 0 Å². The first-order chi connectivity index (χ1) is 10.6. The van der Waals surface area contributed by atoms with Gasteiger partial charge in [0.2, 0.25) is 5.91 Å². The fourth-order valence-corrected chi connectivity index (χ4v) is 3.08. The molecule has 0 radical (unpaired) electrons. The smallest absolute Gasteiger partial charge is 0.220 e. The van der Waals surface area contributed by atoms with E-state index < -0.39 is 5.82 Å². The Balaban J connectivity index is 0.00000264. The van der Waals surface area contributed by atoms with E-state index in [2.05, 4.69) is 5.32 Å². The van der Waals surface area contributed by atoms with Gasteiger partial charge in [0.1, 0.15) is 0 Å². The average molecular weight is 345 g/mol. The highest BCUT2D eigenvalue weighted by Gasteiger charge is 2.25. The van der Waals surface area contributed by atoms with Gasteiger partial charge in [0.05, 0.1) is 7.11 Å². The van der Waals surface area contributed by atoms with Crippen LogP contribution in [0.1, 0.15) is 37.7 Å². The van der Waals surface area contributed by atoms with Crippen molar-refractivity contribution in [1.82, 2.24) is 5.32 Å². The van der Waals surface area contributed by atoms with Gasteiger partial charge in [-0.25, -0.2) is 4.39 Å². The Morgan fingerprint density at radius 2 is 2.13 bits per heavy atom. The van der Waals surface area contributed by atoms with Crippen LogP contribution in [-0.4, -0.2) is 25.6 Å². The predicted molar refractivity (Wildman–Crippen MR) is 91.5 cm³/mol. The number of methoxy groups -OCH3 is 1. The predicted octanol–water partition coefficient (Wildman–Crippen LogP) is 2.82. The zero-order valence-electron chi connectivity index (χ0n) is 13.5. The molecule has 1 aromatic carbocycles. The standard InChI is InChI=1S/C17H25FN2O2.ClH/c1-22-16-8-6-12(10-14(16)18)7-9-17(21)20-15-5-3-2-4-13(15)11-19;/h6,8,10,13,15H,2-5,7,9,11,19H2,1H3,(H,20,21);1H. The van der Waals surface area contributed by atoms with Gasteiger partial charge in [-0.1, -0.05) is 18.9 Å². The topological polar surface area (TPSA) is 64.3 Å². The summed E-state index contributed by atoms with van der Waals surface area (Å²) in [5.74, 6) is 0.231. The second-order valence-corrected chi connectivity index (χ2v) is 5.92. The number of nitrogens with one attached hydrogen (secondary N) is 1. The molecule has 6 heteroatoms. The first-order valence-electron chi connectivity index (χ1n) is 7.96. The molecule has 0 saturated heterocycles. The van der Waals surface area contributed by atoms with E-state index in [0.29, 0.717) is 25.3 Å². The maximum absolute atomic E-state index is 13.6. The summed E-state index contributed by atoms with van der Waals surface area (Å²) in [5, 5.41) is 3.09. The lowest BCUT2D eigenvalue weighted by Crippen LogP contribution is -2.44. The van der Waals surface area contributed by atoms with Crippen molar-refractivity contribution in [2.24, 2.45) is 11.7 Å². The van der Waals surface area contributed by atoms with E-state index in [4.69, 9.17) is 10.5 Å². The third-order valence-corrected chi connectivity index (χ3v) is 4.42. The SMILES string of the molecule is COc1ccc(CCC(=O)NC2CCCCC2CN)cc1F.Cl. The first kappa shape index (κ1) is 19.7. The number of benzene rings is 1. The monoisotopic (exact) mass is 344 g/mol. The summed E-state index contributed by atoms with van der Waals surface area (Å²) < 4.78 is 18.5.